The highest BCUT2D eigenvalue weighted by Crippen LogP contribution is 2.31. The van der Waals surface area contributed by atoms with Gasteiger partial charge in [-0.05, 0) is 29.8 Å². The molecule has 0 fully saturated rings. The van der Waals surface area contributed by atoms with Crippen molar-refractivity contribution < 1.29 is 22.6 Å². The molecule has 1 heterocycles. The Morgan fingerprint density at radius 1 is 1.11 bits per heavy atom. The predicted octanol–water partition coefficient (Wildman–Crippen LogP) is 4.70. The topological polar surface area (TPSA) is 64.2 Å². The van der Waals surface area contributed by atoms with E-state index < -0.39 is 17.3 Å². The van der Waals surface area contributed by atoms with Crippen molar-refractivity contribution >= 4 is 33.6 Å². The third-order valence-electron chi connectivity index (χ3n) is 3.97. The summed E-state index contributed by atoms with van der Waals surface area (Å²) in [7, 11) is 2.90. The maximum Gasteiger partial charge on any atom is 0.416 e. The van der Waals surface area contributed by atoms with Gasteiger partial charge in [0.05, 0.1) is 35.7 Å². The summed E-state index contributed by atoms with van der Waals surface area (Å²) in [6.45, 7) is 0. The molecular weight excluding hydrogens is 397 g/mol. The molecule has 0 spiro atoms. The van der Waals surface area contributed by atoms with Crippen LogP contribution in [0.5, 0.6) is 11.5 Å². The first-order chi connectivity index (χ1) is 13.2. The first-order valence-electron chi connectivity index (χ1n) is 7.94. The van der Waals surface area contributed by atoms with Crippen LogP contribution in [0.25, 0.3) is 22.0 Å². The highest BCUT2D eigenvalue weighted by atomic mass is 35.5. The van der Waals surface area contributed by atoms with Crippen LogP contribution in [0.15, 0.2) is 41.2 Å². The third kappa shape index (κ3) is 3.96. The molecule has 1 aromatic heterocycles. The minimum absolute atomic E-state index is 0.0635. The lowest BCUT2D eigenvalue weighted by atomic mass is 10.1. The monoisotopic (exact) mass is 410 g/mol. The Kier molecular flexibility index (Phi) is 5.33. The molecular formula is C19H14ClF3N2O3. The smallest absolute Gasteiger partial charge is 0.416 e. The van der Waals surface area contributed by atoms with Gasteiger partial charge in [0.2, 0.25) is 0 Å². The van der Waals surface area contributed by atoms with E-state index >= 15 is 0 Å². The highest BCUT2D eigenvalue weighted by Gasteiger charge is 2.29. The molecule has 28 heavy (non-hydrogen) atoms. The summed E-state index contributed by atoms with van der Waals surface area (Å²) in [5, 5.41) is 0.342. The van der Waals surface area contributed by atoms with E-state index in [0.717, 1.165) is 12.1 Å². The minimum Gasteiger partial charge on any atom is -0.493 e. The summed E-state index contributed by atoms with van der Waals surface area (Å²) in [4.78, 5) is 19.2. The average molecular weight is 411 g/mol. The van der Waals surface area contributed by atoms with Crippen molar-refractivity contribution in [2.24, 2.45) is 0 Å². The second-order valence-electron chi connectivity index (χ2n) is 5.75. The summed E-state index contributed by atoms with van der Waals surface area (Å²) in [5.74, 6) is 0.842. The molecule has 0 aliphatic heterocycles. The average Bonchev–Trinajstić information content (AvgIpc) is 2.66. The van der Waals surface area contributed by atoms with Gasteiger partial charge in [-0.15, -0.1) is 0 Å². The maximum atomic E-state index is 12.6. The van der Waals surface area contributed by atoms with Gasteiger partial charge in [-0.1, -0.05) is 23.7 Å². The number of nitrogens with zero attached hydrogens (tertiary/aromatic N) is 1. The number of fused-ring (bicyclic) bond motifs is 1. The van der Waals surface area contributed by atoms with E-state index in [2.05, 4.69) is 9.97 Å². The van der Waals surface area contributed by atoms with Gasteiger partial charge in [0.15, 0.2) is 17.3 Å². The Labute approximate surface area is 162 Å². The number of halogens is 4. The second kappa shape index (κ2) is 7.55. The Morgan fingerprint density at radius 3 is 2.29 bits per heavy atom. The number of aromatic nitrogens is 2. The second-order valence-corrected chi connectivity index (χ2v) is 6.16. The molecule has 0 saturated carbocycles. The lowest BCUT2D eigenvalue weighted by Gasteiger charge is -2.09. The summed E-state index contributed by atoms with van der Waals surface area (Å²) in [6, 6.07) is 7.48. The zero-order valence-electron chi connectivity index (χ0n) is 14.7. The molecule has 3 aromatic rings. The first kappa shape index (κ1) is 19.8. The van der Waals surface area contributed by atoms with E-state index in [1.807, 2.05) is 0 Å². The summed E-state index contributed by atoms with van der Waals surface area (Å²) in [5.41, 5.74) is -0.456. The summed E-state index contributed by atoms with van der Waals surface area (Å²) in [6.07, 6.45) is -3.01. The summed E-state index contributed by atoms with van der Waals surface area (Å²) >= 11 is 6.23. The van der Waals surface area contributed by atoms with E-state index in [4.69, 9.17) is 21.1 Å². The van der Waals surface area contributed by atoms with Gasteiger partial charge in [0.25, 0.3) is 5.56 Å². The van der Waals surface area contributed by atoms with Crippen LogP contribution in [0, 0.1) is 0 Å². The number of alkyl halides is 3. The van der Waals surface area contributed by atoms with E-state index in [1.165, 1.54) is 44.6 Å². The molecule has 3 rings (SSSR count). The molecule has 1 N–H and O–H groups in total. The number of ether oxygens (including phenoxy) is 2. The Balaban J connectivity index is 2.02. The van der Waals surface area contributed by atoms with E-state index in [1.54, 1.807) is 0 Å². The molecule has 0 saturated heterocycles. The van der Waals surface area contributed by atoms with Crippen molar-refractivity contribution in [2.45, 2.75) is 6.18 Å². The number of nitrogens with one attached hydrogen (secondary N) is 1. The van der Waals surface area contributed by atoms with Crippen LogP contribution < -0.4 is 15.0 Å². The van der Waals surface area contributed by atoms with Gasteiger partial charge < -0.3 is 14.5 Å². The van der Waals surface area contributed by atoms with Crippen molar-refractivity contribution in [3.8, 4) is 11.5 Å². The molecule has 0 atom stereocenters. The number of methoxy groups -OCH3 is 2. The van der Waals surface area contributed by atoms with Gasteiger partial charge in [-0.2, -0.15) is 13.2 Å². The fourth-order valence-corrected chi connectivity index (χ4v) is 2.78. The molecule has 0 amide bonds. The standard InChI is InChI=1S/C19H14ClF3N2O3/c1-27-15-8-12-14(9-16(15)28-2)24-17(25-18(12)26)13(20)7-10-3-5-11(6-4-10)19(21,22)23/h3-9H,1-2H3,(H,24,25,26)/b13-7-. The Bertz CT molecular complexity index is 1110. The van der Waals surface area contributed by atoms with Gasteiger partial charge in [-0.3, -0.25) is 4.79 Å². The zero-order chi connectivity index (χ0) is 20.5. The van der Waals surface area contributed by atoms with Gasteiger partial charge >= 0.3 is 6.18 Å². The van der Waals surface area contributed by atoms with Crippen molar-refractivity contribution in [1.29, 1.82) is 0 Å². The molecule has 0 bridgehead atoms. The van der Waals surface area contributed by atoms with Crippen LogP contribution in [0.1, 0.15) is 17.0 Å². The minimum atomic E-state index is -4.42. The number of aromatic amines is 1. The molecule has 0 aliphatic rings. The van der Waals surface area contributed by atoms with Crippen molar-refractivity contribution in [3.63, 3.8) is 0 Å². The number of H-pyrrole nitrogens is 1. The van der Waals surface area contributed by atoms with E-state index in [-0.39, 0.29) is 16.2 Å². The van der Waals surface area contributed by atoms with Gasteiger partial charge in [0.1, 0.15) is 0 Å². The molecule has 146 valence electrons. The normalized spacial score (nSPS) is 12.3. The largest absolute Gasteiger partial charge is 0.493 e. The lowest BCUT2D eigenvalue weighted by molar-refractivity contribution is -0.137. The molecule has 2 aromatic carbocycles. The quantitative estimate of drug-likeness (QED) is 0.677. The fraction of sp³-hybridized carbons (Fsp3) is 0.158. The number of rotatable bonds is 4. The molecule has 5 nitrogen and oxygen atoms in total. The summed E-state index contributed by atoms with van der Waals surface area (Å²) < 4.78 is 48.3. The third-order valence-corrected chi connectivity index (χ3v) is 4.26. The Hall–Kier alpha value is -3.00. The van der Waals surface area contributed by atoms with Crippen molar-refractivity contribution in [3.05, 3.63) is 63.7 Å². The van der Waals surface area contributed by atoms with E-state index in [0.29, 0.717) is 22.6 Å². The van der Waals surface area contributed by atoms with Crippen LogP contribution in [-0.4, -0.2) is 24.2 Å². The van der Waals surface area contributed by atoms with Crippen molar-refractivity contribution in [1.82, 2.24) is 9.97 Å². The first-order valence-corrected chi connectivity index (χ1v) is 8.31. The number of benzene rings is 2. The fourth-order valence-electron chi connectivity index (χ4n) is 2.56. The molecule has 0 radical (unpaired) electrons. The lowest BCUT2D eigenvalue weighted by Crippen LogP contribution is -2.11. The molecule has 0 aliphatic carbocycles. The Morgan fingerprint density at radius 2 is 1.71 bits per heavy atom. The number of hydrogen-bond donors (Lipinski definition) is 1. The van der Waals surface area contributed by atoms with Gasteiger partial charge in [0, 0.05) is 6.07 Å². The molecule has 0 unspecified atom stereocenters. The zero-order valence-corrected chi connectivity index (χ0v) is 15.5. The van der Waals surface area contributed by atoms with E-state index in [9.17, 15) is 18.0 Å². The van der Waals surface area contributed by atoms with Crippen LogP contribution in [-0.2, 0) is 6.18 Å². The SMILES string of the molecule is COc1cc2nc(/C(Cl)=C/c3ccc(C(F)(F)F)cc3)[nH]c(=O)c2cc1OC. The molecule has 9 heteroatoms. The van der Waals surface area contributed by atoms with Crippen LogP contribution in [0.3, 0.4) is 0 Å². The van der Waals surface area contributed by atoms with Crippen LogP contribution >= 0.6 is 11.6 Å². The van der Waals surface area contributed by atoms with Crippen molar-refractivity contribution in [2.75, 3.05) is 14.2 Å². The van der Waals surface area contributed by atoms with Crippen LogP contribution in [0.2, 0.25) is 0 Å². The van der Waals surface area contributed by atoms with Crippen LogP contribution in [0.4, 0.5) is 13.2 Å². The maximum absolute atomic E-state index is 12.6. The number of hydrogen-bond acceptors (Lipinski definition) is 4. The highest BCUT2D eigenvalue weighted by molar-refractivity contribution is 6.50. The predicted molar refractivity (Wildman–Crippen MR) is 101 cm³/mol. The van der Waals surface area contributed by atoms with Gasteiger partial charge in [-0.25, -0.2) is 4.98 Å².